The molecule has 3 amide bonds. The molecule has 0 bridgehead atoms. The zero-order valence-electron chi connectivity index (χ0n) is 31.5. The van der Waals surface area contributed by atoms with Crippen LogP contribution in [0.25, 0.3) is 0 Å². The van der Waals surface area contributed by atoms with Crippen LogP contribution in [-0.4, -0.2) is 122 Å². The molecule has 0 aromatic heterocycles. The molecule has 6 unspecified atom stereocenters. The number of likely N-dealkylation sites (tertiary alicyclic amines) is 1. The molecule has 0 radical (unpaired) electrons. The largest absolute Gasteiger partial charge is 0.379 e. The summed E-state index contributed by atoms with van der Waals surface area (Å²) < 4.78 is 5.64. The summed E-state index contributed by atoms with van der Waals surface area (Å²) in [4.78, 5) is 57.8. The number of thioether (sulfide) groups is 1. The SMILES string of the molecule is COC(CC(=O)C(C)CCN1CCCC1CC(SC)C(=O)NNCc1ccccc1)CN(C)C(=O)CC(C)CNC(=O)C(C(C)C)N(C)C. The molecule has 1 aliphatic rings. The number of carbonyl (C=O) groups excluding carboxylic acids is 4. The molecule has 12 heteroatoms. The summed E-state index contributed by atoms with van der Waals surface area (Å²) in [5.41, 5.74) is 7.05. The lowest BCUT2D eigenvalue weighted by molar-refractivity contribution is -0.134. The van der Waals surface area contributed by atoms with Gasteiger partial charge in [-0.3, -0.25) is 29.5 Å². The average molecular weight is 705 g/mol. The van der Waals surface area contributed by atoms with Crippen LogP contribution in [0.15, 0.2) is 30.3 Å². The van der Waals surface area contributed by atoms with Gasteiger partial charge in [0.25, 0.3) is 0 Å². The second kappa shape index (κ2) is 22.3. The number of nitrogens with one attached hydrogen (secondary N) is 3. The van der Waals surface area contributed by atoms with Gasteiger partial charge < -0.3 is 19.9 Å². The molecule has 0 spiro atoms. The van der Waals surface area contributed by atoms with Gasteiger partial charge in [-0.15, -0.1) is 0 Å². The Morgan fingerprint density at radius 1 is 1.02 bits per heavy atom. The quantitative estimate of drug-likeness (QED) is 0.147. The van der Waals surface area contributed by atoms with Crippen LogP contribution in [0.2, 0.25) is 0 Å². The van der Waals surface area contributed by atoms with E-state index in [1.807, 2.05) is 83.3 Å². The first kappa shape index (κ1) is 42.7. The topological polar surface area (TPSA) is 123 Å². The number of benzene rings is 1. The van der Waals surface area contributed by atoms with E-state index in [4.69, 9.17) is 4.74 Å². The second-order valence-electron chi connectivity index (χ2n) is 14.3. The standard InChI is InChI=1S/C37H64N6O5S/c1-26(2)35(41(5)6)37(47)38-23-27(3)20-34(45)42(7)25-31(48-8)22-32(44)28(4)17-19-43-18-13-16-30(43)21-33(49-9)36(46)40-39-24-29-14-11-10-12-15-29/h10-12,14-15,26-28,30-31,33,35,39H,13,16-25H2,1-9H3,(H,38,47)(H,40,46). The second-order valence-corrected chi connectivity index (χ2v) is 15.4. The summed E-state index contributed by atoms with van der Waals surface area (Å²) in [6.07, 6.45) is 5.79. The maximum absolute atomic E-state index is 13.2. The van der Waals surface area contributed by atoms with E-state index in [-0.39, 0.29) is 65.1 Å². The number of hydrogen-bond donors (Lipinski definition) is 3. The monoisotopic (exact) mass is 704 g/mol. The van der Waals surface area contributed by atoms with Crippen molar-refractivity contribution in [1.29, 1.82) is 0 Å². The van der Waals surface area contributed by atoms with Crippen LogP contribution >= 0.6 is 11.8 Å². The van der Waals surface area contributed by atoms with Gasteiger partial charge in [0.1, 0.15) is 5.78 Å². The van der Waals surface area contributed by atoms with Crippen molar-refractivity contribution in [3.8, 4) is 0 Å². The van der Waals surface area contributed by atoms with Crippen molar-refractivity contribution in [1.82, 2.24) is 30.9 Å². The number of methoxy groups -OCH3 is 1. The molecule has 0 aliphatic carbocycles. The van der Waals surface area contributed by atoms with Crippen molar-refractivity contribution < 1.29 is 23.9 Å². The smallest absolute Gasteiger partial charge is 0.247 e. The molecule has 1 fully saturated rings. The van der Waals surface area contributed by atoms with Gasteiger partial charge in [-0.25, -0.2) is 5.43 Å². The van der Waals surface area contributed by atoms with Crippen LogP contribution in [0.1, 0.15) is 71.8 Å². The Hall–Kier alpha value is -2.51. The van der Waals surface area contributed by atoms with Gasteiger partial charge in [-0.1, -0.05) is 58.0 Å². The summed E-state index contributed by atoms with van der Waals surface area (Å²) >= 11 is 1.57. The molecule has 11 nitrogen and oxygen atoms in total. The van der Waals surface area contributed by atoms with E-state index in [0.29, 0.717) is 32.1 Å². The van der Waals surface area contributed by atoms with Gasteiger partial charge in [-0.05, 0) is 76.5 Å². The molecule has 1 heterocycles. The van der Waals surface area contributed by atoms with Gasteiger partial charge in [0, 0.05) is 58.6 Å². The van der Waals surface area contributed by atoms with Crippen molar-refractivity contribution in [2.24, 2.45) is 17.8 Å². The third-order valence-corrected chi connectivity index (χ3v) is 10.6. The number of likely N-dealkylation sites (N-methyl/N-ethyl adjacent to an activating group) is 2. The van der Waals surface area contributed by atoms with E-state index in [1.165, 1.54) is 0 Å². The highest BCUT2D eigenvalue weighted by Gasteiger charge is 2.31. The molecule has 49 heavy (non-hydrogen) atoms. The molecule has 1 aromatic rings. The van der Waals surface area contributed by atoms with Gasteiger partial charge in [-0.2, -0.15) is 11.8 Å². The molecular weight excluding hydrogens is 641 g/mol. The normalized spacial score (nSPS) is 18.1. The predicted molar refractivity (Wildman–Crippen MR) is 199 cm³/mol. The third-order valence-electron chi connectivity index (χ3n) is 9.58. The number of nitrogens with zero attached hydrogens (tertiary/aromatic N) is 3. The number of hydrogen-bond acceptors (Lipinski definition) is 9. The number of carbonyl (C=O) groups is 4. The van der Waals surface area contributed by atoms with Gasteiger partial charge in [0.2, 0.25) is 17.7 Å². The lowest BCUT2D eigenvalue weighted by Gasteiger charge is -2.28. The van der Waals surface area contributed by atoms with Crippen molar-refractivity contribution in [2.75, 3.05) is 60.7 Å². The zero-order valence-corrected chi connectivity index (χ0v) is 32.3. The molecule has 1 saturated heterocycles. The Morgan fingerprint density at radius 2 is 1.71 bits per heavy atom. The van der Waals surface area contributed by atoms with E-state index in [9.17, 15) is 19.2 Å². The first-order chi connectivity index (χ1) is 23.3. The Balaban J connectivity index is 1.76. The van der Waals surface area contributed by atoms with Gasteiger partial charge in [0.15, 0.2) is 0 Å². The van der Waals surface area contributed by atoms with Crippen molar-refractivity contribution in [3.05, 3.63) is 35.9 Å². The molecular formula is C37H64N6O5S. The van der Waals surface area contributed by atoms with Crippen LogP contribution in [0.3, 0.4) is 0 Å². The molecule has 0 saturated carbocycles. The first-order valence-electron chi connectivity index (χ1n) is 17.8. The lowest BCUT2D eigenvalue weighted by Crippen LogP contribution is -2.47. The van der Waals surface area contributed by atoms with E-state index in [1.54, 1.807) is 30.8 Å². The van der Waals surface area contributed by atoms with Crippen molar-refractivity contribution >= 4 is 35.3 Å². The highest BCUT2D eigenvalue weighted by atomic mass is 32.2. The molecule has 6 atom stereocenters. The number of hydrazine groups is 1. The zero-order chi connectivity index (χ0) is 36.5. The van der Waals surface area contributed by atoms with E-state index in [0.717, 1.165) is 44.3 Å². The van der Waals surface area contributed by atoms with E-state index < -0.39 is 0 Å². The fourth-order valence-corrected chi connectivity index (χ4v) is 7.23. The van der Waals surface area contributed by atoms with E-state index in [2.05, 4.69) is 21.1 Å². The number of Topliss-reactive ketones (excluding diaryl/α,β-unsaturated/α-hetero) is 1. The molecule has 3 N–H and O–H groups in total. The van der Waals surface area contributed by atoms with E-state index >= 15 is 0 Å². The molecule has 1 aromatic carbocycles. The summed E-state index contributed by atoms with van der Waals surface area (Å²) in [6, 6.07) is 10.1. The average Bonchev–Trinajstić information content (AvgIpc) is 3.51. The minimum Gasteiger partial charge on any atom is -0.379 e. The van der Waals surface area contributed by atoms with Crippen molar-refractivity contribution in [2.45, 2.75) is 96.2 Å². The first-order valence-corrected chi connectivity index (χ1v) is 19.1. The summed E-state index contributed by atoms with van der Waals surface area (Å²) in [7, 11) is 7.11. The molecule has 278 valence electrons. The summed E-state index contributed by atoms with van der Waals surface area (Å²) in [5, 5.41) is 2.84. The predicted octanol–water partition coefficient (Wildman–Crippen LogP) is 3.58. The van der Waals surface area contributed by atoms with Crippen LogP contribution in [0.5, 0.6) is 0 Å². The maximum Gasteiger partial charge on any atom is 0.247 e. The Bertz CT molecular complexity index is 1150. The Morgan fingerprint density at radius 3 is 2.33 bits per heavy atom. The maximum atomic E-state index is 13.2. The third kappa shape index (κ3) is 15.1. The highest BCUT2D eigenvalue weighted by Crippen LogP contribution is 2.26. The van der Waals surface area contributed by atoms with Crippen LogP contribution < -0.4 is 16.2 Å². The Labute approximate surface area is 300 Å². The molecule has 2 rings (SSSR count). The van der Waals surface area contributed by atoms with Crippen LogP contribution in [0, 0.1) is 17.8 Å². The molecule has 1 aliphatic heterocycles. The van der Waals surface area contributed by atoms with Gasteiger partial charge in [0.05, 0.1) is 17.4 Å². The highest BCUT2D eigenvalue weighted by molar-refractivity contribution is 7.99. The van der Waals surface area contributed by atoms with Crippen molar-refractivity contribution in [3.63, 3.8) is 0 Å². The lowest BCUT2D eigenvalue weighted by atomic mass is 9.97. The number of ether oxygens (including phenoxy) is 1. The van der Waals surface area contributed by atoms with Crippen LogP contribution in [-0.2, 0) is 30.5 Å². The van der Waals surface area contributed by atoms with Gasteiger partial charge >= 0.3 is 0 Å². The number of rotatable bonds is 23. The summed E-state index contributed by atoms with van der Waals surface area (Å²) in [6.45, 7) is 11.1. The minimum absolute atomic E-state index is 0.00565. The number of amides is 3. The van der Waals surface area contributed by atoms with Crippen LogP contribution in [0.4, 0.5) is 0 Å². The number of ketones is 1. The Kier molecular flexibility index (Phi) is 19.4. The summed E-state index contributed by atoms with van der Waals surface area (Å²) in [5.74, 6) is 0.0726. The fourth-order valence-electron chi connectivity index (χ4n) is 6.54. The minimum atomic E-state index is -0.387. The fraction of sp³-hybridized carbons (Fsp3) is 0.730.